The van der Waals surface area contributed by atoms with Crippen LogP contribution >= 0.6 is 0 Å². The van der Waals surface area contributed by atoms with E-state index in [0.29, 0.717) is 0 Å². The fraction of sp³-hybridized carbons (Fsp3) is 0.250. The molecule has 0 unspecified atom stereocenters. The fourth-order valence-electron chi connectivity index (χ4n) is 3.07. The number of aryl methyl sites for hydroxylation is 1. The fourth-order valence-corrected chi connectivity index (χ4v) is 3.07. The largest absolute Gasteiger partial charge is 0.310 e. The lowest BCUT2D eigenvalue weighted by atomic mass is 9.92. The van der Waals surface area contributed by atoms with Crippen LogP contribution in [0, 0.1) is 0 Å². The summed E-state index contributed by atoms with van der Waals surface area (Å²) in [6.07, 6.45) is 1.73. The van der Waals surface area contributed by atoms with Crippen LogP contribution in [0.5, 0.6) is 0 Å². The van der Waals surface area contributed by atoms with Gasteiger partial charge in [0.15, 0.2) is 0 Å². The predicted molar refractivity (Wildman–Crippen MR) is 118 cm³/mol. The first kappa shape index (κ1) is 21.8. The first-order valence-electron chi connectivity index (χ1n) is 9.67. The second-order valence-electron chi connectivity index (χ2n) is 7.01. The summed E-state index contributed by atoms with van der Waals surface area (Å²) in [6.45, 7) is 4.12. The molecule has 0 aliphatic rings. The zero-order chi connectivity index (χ0) is 20.6. The molecule has 0 fully saturated rings. The van der Waals surface area contributed by atoms with Gasteiger partial charge in [-0.05, 0) is 35.1 Å². The van der Waals surface area contributed by atoms with Crippen molar-refractivity contribution in [2.45, 2.75) is 38.0 Å². The highest BCUT2D eigenvalue weighted by atomic mass is 15.0. The molecule has 0 atom stereocenters. The Hall–Kier alpha value is -2.50. The van der Waals surface area contributed by atoms with Gasteiger partial charge in [-0.25, -0.2) is 0 Å². The lowest BCUT2D eigenvalue weighted by Gasteiger charge is -2.25. The third-order valence-corrected chi connectivity index (χ3v) is 4.99. The summed E-state index contributed by atoms with van der Waals surface area (Å²) in [5.41, 5.74) is 26.8. The smallest absolute Gasteiger partial charge is 0.116 e. The van der Waals surface area contributed by atoms with Crippen LogP contribution < -0.4 is 22.9 Å². The number of hydrogen-bond donors (Lipinski definition) is 4. The minimum absolute atomic E-state index is 0.674. The maximum atomic E-state index is 6.14. The molecule has 0 heterocycles. The van der Waals surface area contributed by atoms with Crippen molar-refractivity contribution in [2.75, 3.05) is 0 Å². The van der Waals surface area contributed by atoms with E-state index < -0.39 is 11.3 Å². The highest BCUT2D eigenvalue weighted by Crippen LogP contribution is 2.21. The molecular formula is C24H32N4. The summed E-state index contributed by atoms with van der Waals surface area (Å²) < 4.78 is 0. The van der Waals surface area contributed by atoms with E-state index in [1.807, 2.05) is 85.8 Å². The van der Waals surface area contributed by atoms with Crippen molar-refractivity contribution >= 4 is 0 Å². The average Bonchev–Trinajstić information content (AvgIpc) is 2.75. The zero-order valence-electron chi connectivity index (χ0n) is 16.8. The lowest BCUT2D eigenvalue weighted by Crippen LogP contribution is -2.46. The average molecular weight is 377 g/mol. The molecule has 3 rings (SSSR count). The topological polar surface area (TPSA) is 104 Å². The second kappa shape index (κ2) is 9.62. The third-order valence-electron chi connectivity index (χ3n) is 4.99. The van der Waals surface area contributed by atoms with Crippen molar-refractivity contribution in [1.29, 1.82) is 0 Å². The highest BCUT2D eigenvalue weighted by molar-refractivity contribution is 5.36. The molecule has 3 aromatic carbocycles. The number of benzene rings is 3. The van der Waals surface area contributed by atoms with Crippen LogP contribution in [0.2, 0.25) is 0 Å². The Balaban J connectivity index is 0.000000203. The van der Waals surface area contributed by atoms with Gasteiger partial charge in [-0.15, -0.1) is 0 Å². The zero-order valence-corrected chi connectivity index (χ0v) is 16.8. The summed E-state index contributed by atoms with van der Waals surface area (Å²) in [6, 6.07) is 27.5. The molecule has 148 valence electrons. The van der Waals surface area contributed by atoms with Crippen molar-refractivity contribution in [3.8, 4) is 0 Å². The number of hydrogen-bond acceptors (Lipinski definition) is 4. The molecule has 0 bridgehead atoms. The Bertz CT molecular complexity index is 801. The van der Waals surface area contributed by atoms with Gasteiger partial charge in [-0.3, -0.25) is 0 Å². The molecule has 4 nitrogen and oxygen atoms in total. The molecule has 0 aromatic heterocycles. The van der Waals surface area contributed by atoms with E-state index in [2.05, 4.69) is 13.0 Å². The van der Waals surface area contributed by atoms with Gasteiger partial charge < -0.3 is 22.9 Å². The van der Waals surface area contributed by atoms with Gasteiger partial charge in [0.05, 0.1) is 5.66 Å². The van der Waals surface area contributed by atoms with Crippen LogP contribution in [0.25, 0.3) is 0 Å². The summed E-state index contributed by atoms with van der Waals surface area (Å²) in [7, 11) is 0. The molecule has 0 spiro atoms. The third kappa shape index (κ3) is 5.27. The van der Waals surface area contributed by atoms with Crippen LogP contribution in [0.4, 0.5) is 0 Å². The Labute approximate surface area is 168 Å². The van der Waals surface area contributed by atoms with Gasteiger partial charge in [0, 0.05) is 0 Å². The van der Waals surface area contributed by atoms with Crippen molar-refractivity contribution < 1.29 is 0 Å². The van der Waals surface area contributed by atoms with Crippen LogP contribution in [0.15, 0.2) is 84.9 Å². The monoisotopic (exact) mass is 376 g/mol. The van der Waals surface area contributed by atoms with Crippen LogP contribution in [0.1, 0.15) is 42.5 Å². The van der Waals surface area contributed by atoms with Gasteiger partial charge in [-0.1, -0.05) is 98.8 Å². The van der Waals surface area contributed by atoms with Crippen molar-refractivity contribution in [3.63, 3.8) is 0 Å². The van der Waals surface area contributed by atoms with Gasteiger partial charge in [0.1, 0.15) is 5.66 Å². The molecule has 28 heavy (non-hydrogen) atoms. The molecule has 0 amide bonds. The molecular weight excluding hydrogens is 344 g/mol. The van der Waals surface area contributed by atoms with E-state index in [-0.39, 0.29) is 0 Å². The quantitative estimate of drug-likeness (QED) is 0.511. The van der Waals surface area contributed by atoms with Crippen molar-refractivity contribution in [2.24, 2.45) is 22.9 Å². The lowest BCUT2D eigenvalue weighted by molar-refractivity contribution is 0.444. The summed E-state index contributed by atoms with van der Waals surface area (Å²) in [5.74, 6) is 0. The molecule has 0 saturated carbocycles. The predicted octanol–water partition coefficient (Wildman–Crippen LogP) is 3.53. The standard InChI is InChI=1S/C13H14N2.C11H18N2/c14-13(15,11-7-3-1-4-8-11)12-9-5-2-6-10-12;1-3-9-7-5-6-8-10(9)11(12,13)4-2/h1-10H,14-15H2;5-8H,3-4,12-13H2,1-2H3. The molecule has 0 saturated heterocycles. The Morgan fingerprint density at radius 2 is 1.04 bits per heavy atom. The summed E-state index contributed by atoms with van der Waals surface area (Å²) >= 11 is 0. The Morgan fingerprint density at radius 1 is 0.607 bits per heavy atom. The van der Waals surface area contributed by atoms with E-state index in [1.54, 1.807) is 0 Å². The van der Waals surface area contributed by atoms with Gasteiger partial charge in [0.2, 0.25) is 0 Å². The van der Waals surface area contributed by atoms with Gasteiger partial charge in [-0.2, -0.15) is 0 Å². The van der Waals surface area contributed by atoms with Crippen LogP contribution in [-0.4, -0.2) is 0 Å². The number of rotatable bonds is 5. The Kier molecular flexibility index (Phi) is 7.49. The molecule has 0 radical (unpaired) electrons. The first-order valence-corrected chi connectivity index (χ1v) is 9.67. The minimum atomic E-state index is -0.914. The summed E-state index contributed by atoms with van der Waals surface area (Å²) in [5, 5.41) is 0. The van der Waals surface area contributed by atoms with Crippen molar-refractivity contribution in [1.82, 2.24) is 0 Å². The maximum absolute atomic E-state index is 6.14. The minimum Gasteiger partial charge on any atom is -0.310 e. The van der Waals surface area contributed by atoms with E-state index in [9.17, 15) is 0 Å². The van der Waals surface area contributed by atoms with Crippen LogP contribution in [-0.2, 0) is 17.7 Å². The van der Waals surface area contributed by atoms with E-state index in [0.717, 1.165) is 29.5 Å². The van der Waals surface area contributed by atoms with Crippen LogP contribution in [0.3, 0.4) is 0 Å². The SMILES string of the molecule is CCc1ccccc1C(N)(N)CC.NC(N)(c1ccccc1)c1ccccc1. The molecule has 4 heteroatoms. The maximum Gasteiger partial charge on any atom is 0.116 e. The van der Waals surface area contributed by atoms with Gasteiger partial charge in [0.25, 0.3) is 0 Å². The van der Waals surface area contributed by atoms with E-state index >= 15 is 0 Å². The van der Waals surface area contributed by atoms with E-state index in [4.69, 9.17) is 22.9 Å². The first-order chi connectivity index (χ1) is 13.3. The highest BCUT2D eigenvalue weighted by Gasteiger charge is 2.23. The molecule has 0 aliphatic carbocycles. The van der Waals surface area contributed by atoms with Gasteiger partial charge >= 0.3 is 0 Å². The Morgan fingerprint density at radius 3 is 1.46 bits per heavy atom. The van der Waals surface area contributed by atoms with E-state index in [1.165, 1.54) is 5.56 Å². The van der Waals surface area contributed by atoms with Crippen molar-refractivity contribution in [3.05, 3.63) is 107 Å². The number of nitrogens with two attached hydrogens (primary N) is 4. The second-order valence-corrected chi connectivity index (χ2v) is 7.01. The molecule has 3 aromatic rings. The molecule has 8 N–H and O–H groups in total. The molecule has 0 aliphatic heterocycles. The summed E-state index contributed by atoms with van der Waals surface area (Å²) in [4.78, 5) is 0. The normalized spacial score (nSPS) is 11.5.